The van der Waals surface area contributed by atoms with Crippen LogP contribution in [0.5, 0.6) is 0 Å². The van der Waals surface area contributed by atoms with E-state index in [9.17, 15) is 9.18 Å². The molecular weight excluding hydrogens is 395 g/mol. The van der Waals surface area contributed by atoms with Crippen molar-refractivity contribution >= 4 is 23.1 Å². The fourth-order valence-corrected chi connectivity index (χ4v) is 4.00. The van der Waals surface area contributed by atoms with Crippen LogP contribution in [-0.4, -0.2) is 51.8 Å². The molecule has 3 aromatic rings. The van der Waals surface area contributed by atoms with E-state index >= 15 is 0 Å². The molecule has 1 atom stereocenters. The minimum absolute atomic E-state index is 0.0596. The highest BCUT2D eigenvalue weighted by molar-refractivity contribution is 5.79. The van der Waals surface area contributed by atoms with Crippen LogP contribution in [0.4, 0.5) is 15.1 Å². The maximum atomic E-state index is 13.8. The van der Waals surface area contributed by atoms with Gasteiger partial charge in [0.2, 0.25) is 5.95 Å². The lowest BCUT2D eigenvalue weighted by Gasteiger charge is -2.40. The monoisotopic (exact) mass is 424 g/mol. The van der Waals surface area contributed by atoms with E-state index in [0.717, 1.165) is 22.5 Å². The van der Waals surface area contributed by atoms with Crippen LogP contribution in [0.25, 0.3) is 11.0 Å². The van der Waals surface area contributed by atoms with Crippen molar-refractivity contribution in [2.24, 2.45) is 0 Å². The van der Waals surface area contributed by atoms with Gasteiger partial charge in [-0.1, -0.05) is 24.3 Å². The Hall–Kier alpha value is -3.09. The van der Waals surface area contributed by atoms with Crippen LogP contribution in [0.2, 0.25) is 0 Å². The van der Waals surface area contributed by atoms with E-state index in [1.165, 1.54) is 6.07 Å². The number of nitrogens with zero attached hydrogens (tertiary/aromatic N) is 4. The molecule has 1 aliphatic rings. The Labute approximate surface area is 182 Å². The van der Waals surface area contributed by atoms with Crippen LogP contribution in [0.3, 0.4) is 0 Å². The highest BCUT2D eigenvalue weighted by Gasteiger charge is 2.32. The van der Waals surface area contributed by atoms with Crippen molar-refractivity contribution in [1.82, 2.24) is 14.5 Å². The van der Waals surface area contributed by atoms with Gasteiger partial charge in [0.05, 0.1) is 17.6 Å². The molecule has 7 heteroatoms. The topological polar surface area (TPSA) is 50.6 Å². The first-order valence-electron chi connectivity index (χ1n) is 10.7. The van der Waals surface area contributed by atoms with Gasteiger partial charge >= 0.3 is 6.09 Å². The zero-order chi connectivity index (χ0) is 22.2. The van der Waals surface area contributed by atoms with Crippen molar-refractivity contribution in [2.45, 2.75) is 45.9 Å². The third-order valence-corrected chi connectivity index (χ3v) is 5.40. The smallest absolute Gasteiger partial charge is 0.410 e. The summed E-state index contributed by atoms with van der Waals surface area (Å²) in [6, 6.07) is 14.7. The number of hydrogen-bond donors (Lipinski definition) is 0. The number of ether oxygens (including phenoxy) is 1. The van der Waals surface area contributed by atoms with Gasteiger partial charge in [-0.2, -0.15) is 0 Å². The molecule has 6 nitrogen and oxygen atoms in total. The zero-order valence-corrected chi connectivity index (χ0v) is 18.5. The van der Waals surface area contributed by atoms with E-state index in [4.69, 9.17) is 9.72 Å². The van der Waals surface area contributed by atoms with Gasteiger partial charge in [-0.15, -0.1) is 0 Å². The number of piperazine rings is 1. The van der Waals surface area contributed by atoms with Crippen LogP contribution >= 0.6 is 0 Å². The van der Waals surface area contributed by atoms with E-state index in [2.05, 4.69) is 16.4 Å². The molecule has 2 aromatic carbocycles. The largest absolute Gasteiger partial charge is 0.444 e. The van der Waals surface area contributed by atoms with Crippen LogP contribution in [-0.2, 0) is 11.3 Å². The molecule has 0 spiro atoms. The average Bonchev–Trinajstić information content (AvgIpc) is 3.05. The Bertz CT molecular complexity index is 1090. The number of para-hydroxylation sites is 2. The molecular formula is C24H29FN4O2. The van der Waals surface area contributed by atoms with Gasteiger partial charge in [0.15, 0.2) is 0 Å². The fraction of sp³-hybridized carbons (Fsp3) is 0.417. The van der Waals surface area contributed by atoms with Crippen molar-refractivity contribution in [3.05, 3.63) is 59.9 Å². The molecule has 1 saturated heterocycles. The van der Waals surface area contributed by atoms with Gasteiger partial charge in [-0.05, 0) is 57.5 Å². The predicted molar refractivity (Wildman–Crippen MR) is 120 cm³/mol. The van der Waals surface area contributed by atoms with Gasteiger partial charge < -0.3 is 19.1 Å². The summed E-state index contributed by atoms with van der Waals surface area (Å²) >= 11 is 0. The molecule has 1 fully saturated rings. The molecule has 0 bridgehead atoms. The van der Waals surface area contributed by atoms with Crippen LogP contribution in [0.15, 0.2) is 48.5 Å². The minimum Gasteiger partial charge on any atom is -0.444 e. The second-order valence-electron chi connectivity index (χ2n) is 9.09. The third kappa shape index (κ3) is 4.65. The summed E-state index contributed by atoms with van der Waals surface area (Å²) in [5.41, 5.74) is 2.26. The quantitative estimate of drug-likeness (QED) is 0.613. The van der Waals surface area contributed by atoms with E-state index in [1.54, 1.807) is 17.0 Å². The number of carbonyl (C=O) groups is 1. The van der Waals surface area contributed by atoms with E-state index in [0.29, 0.717) is 26.2 Å². The normalized spacial score (nSPS) is 17.3. The fourth-order valence-electron chi connectivity index (χ4n) is 4.00. The van der Waals surface area contributed by atoms with Crippen molar-refractivity contribution in [3.8, 4) is 0 Å². The number of fused-ring (bicyclic) bond motifs is 1. The lowest BCUT2D eigenvalue weighted by Crippen LogP contribution is -2.55. The second kappa shape index (κ2) is 8.21. The van der Waals surface area contributed by atoms with Gasteiger partial charge in [0.1, 0.15) is 11.4 Å². The summed E-state index contributed by atoms with van der Waals surface area (Å²) in [7, 11) is 0. The molecule has 4 rings (SSSR count). The minimum atomic E-state index is -0.517. The summed E-state index contributed by atoms with van der Waals surface area (Å²) in [5.74, 6) is 0.588. The summed E-state index contributed by atoms with van der Waals surface area (Å²) in [4.78, 5) is 21.4. The third-order valence-electron chi connectivity index (χ3n) is 5.40. The van der Waals surface area contributed by atoms with Crippen molar-refractivity contribution in [2.75, 3.05) is 24.5 Å². The van der Waals surface area contributed by atoms with Crippen molar-refractivity contribution in [1.29, 1.82) is 0 Å². The average molecular weight is 425 g/mol. The van der Waals surface area contributed by atoms with Crippen LogP contribution in [0.1, 0.15) is 33.3 Å². The number of anilines is 1. The van der Waals surface area contributed by atoms with E-state index < -0.39 is 5.60 Å². The molecule has 164 valence electrons. The molecule has 2 heterocycles. The zero-order valence-electron chi connectivity index (χ0n) is 18.5. The second-order valence-corrected chi connectivity index (χ2v) is 9.09. The number of aromatic nitrogens is 2. The van der Waals surface area contributed by atoms with E-state index in [1.807, 2.05) is 51.1 Å². The molecule has 0 radical (unpaired) electrons. The molecule has 0 aliphatic carbocycles. The molecule has 0 N–H and O–H groups in total. The molecule has 1 aromatic heterocycles. The number of imidazole rings is 1. The van der Waals surface area contributed by atoms with Crippen LogP contribution < -0.4 is 4.90 Å². The van der Waals surface area contributed by atoms with Gasteiger partial charge in [-0.25, -0.2) is 14.2 Å². The molecule has 1 aliphatic heterocycles. The number of hydrogen-bond acceptors (Lipinski definition) is 4. The predicted octanol–water partition coefficient (Wildman–Crippen LogP) is 4.67. The lowest BCUT2D eigenvalue weighted by molar-refractivity contribution is 0.0218. The number of benzene rings is 2. The first kappa shape index (κ1) is 21.2. The van der Waals surface area contributed by atoms with Gasteiger partial charge in [0, 0.05) is 25.7 Å². The van der Waals surface area contributed by atoms with Crippen LogP contribution in [0, 0.1) is 5.82 Å². The Morgan fingerprint density at radius 2 is 1.94 bits per heavy atom. The first-order chi connectivity index (χ1) is 14.7. The van der Waals surface area contributed by atoms with Crippen molar-refractivity contribution < 1.29 is 13.9 Å². The van der Waals surface area contributed by atoms with E-state index in [-0.39, 0.29) is 18.0 Å². The lowest BCUT2D eigenvalue weighted by atomic mass is 10.2. The summed E-state index contributed by atoms with van der Waals surface area (Å²) < 4.78 is 21.4. The maximum absolute atomic E-state index is 13.8. The SMILES string of the molecule is C[C@H]1CN(C(=O)OC(C)(C)C)CCN1c1nc2ccccc2n1Cc1cccc(F)c1. The van der Waals surface area contributed by atoms with Gasteiger partial charge in [-0.3, -0.25) is 0 Å². The molecule has 0 unspecified atom stereocenters. The van der Waals surface area contributed by atoms with Gasteiger partial charge in [0.25, 0.3) is 0 Å². The summed E-state index contributed by atoms with van der Waals surface area (Å²) in [5, 5.41) is 0. The Morgan fingerprint density at radius 1 is 1.16 bits per heavy atom. The molecule has 1 amide bonds. The summed E-state index contributed by atoms with van der Waals surface area (Å²) in [6.07, 6.45) is -0.285. The molecule has 31 heavy (non-hydrogen) atoms. The van der Waals surface area contributed by atoms with Crippen molar-refractivity contribution in [3.63, 3.8) is 0 Å². The Kier molecular flexibility index (Phi) is 5.60. The molecule has 0 saturated carbocycles. The number of rotatable bonds is 3. The Balaban J connectivity index is 1.62. The highest BCUT2D eigenvalue weighted by atomic mass is 19.1. The standard InChI is InChI=1S/C24H29FN4O2/c1-17-15-27(23(30)31-24(2,3)4)12-13-28(17)22-26-20-10-5-6-11-21(20)29(22)16-18-8-7-9-19(25)14-18/h5-11,14,17H,12-13,15-16H2,1-4H3/t17-/m0/s1. The highest BCUT2D eigenvalue weighted by Crippen LogP contribution is 2.27. The Morgan fingerprint density at radius 3 is 2.65 bits per heavy atom. The number of carbonyl (C=O) groups excluding carboxylic acids is 1. The number of amides is 1. The summed E-state index contributed by atoms with van der Waals surface area (Å²) in [6.45, 7) is 9.99. The first-order valence-corrected chi connectivity index (χ1v) is 10.7. The maximum Gasteiger partial charge on any atom is 0.410 e. The number of halogens is 1.